The van der Waals surface area contributed by atoms with E-state index in [1.54, 1.807) is 0 Å². The van der Waals surface area contributed by atoms with Crippen molar-refractivity contribution in [3.8, 4) is 0 Å². The summed E-state index contributed by atoms with van der Waals surface area (Å²) in [6.45, 7) is 8.41. The van der Waals surface area contributed by atoms with Gasteiger partial charge in [-0.1, -0.05) is 26.7 Å². The van der Waals surface area contributed by atoms with Crippen LogP contribution in [-0.2, 0) is 14.3 Å². The Kier molecular flexibility index (Phi) is 5.33. The van der Waals surface area contributed by atoms with Crippen LogP contribution in [0.15, 0.2) is 0 Å². The first-order valence-corrected chi connectivity index (χ1v) is 9.41. The van der Waals surface area contributed by atoms with E-state index >= 15 is 0 Å². The zero-order valence-electron chi connectivity index (χ0n) is 15.0. The molecule has 3 aliphatic rings. The van der Waals surface area contributed by atoms with Crippen molar-refractivity contribution in [2.75, 3.05) is 39.4 Å². The maximum absolute atomic E-state index is 12.5. The molecule has 6 heteroatoms. The summed E-state index contributed by atoms with van der Waals surface area (Å²) in [7, 11) is 0. The van der Waals surface area contributed by atoms with Crippen LogP contribution in [0.1, 0.15) is 46.0 Å². The third-order valence-electron chi connectivity index (χ3n) is 5.94. The van der Waals surface area contributed by atoms with Gasteiger partial charge in [0.1, 0.15) is 5.60 Å². The largest absolute Gasteiger partial charge is 0.441 e. The first-order valence-electron chi connectivity index (χ1n) is 9.41. The number of ether oxygens (including phenoxy) is 2. The number of carbonyl (C=O) groups is 2. The third kappa shape index (κ3) is 3.53. The van der Waals surface area contributed by atoms with E-state index in [1.165, 1.54) is 0 Å². The van der Waals surface area contributed by atoms with Gasteiger partial charge in [-0.25, -0.2) is 4.79 Å². The van der Waals surface area contributed by atoms with E-state index in [0.29, 0.717) is 38.8 Å². The van der Waals surface area contributed by atoms with Gasteiger partial charge in [0.05, 0.1) is 19.1 Å². The Hall–Kier alpha value is -1.30. The lowest BCUT2D eigenvalue weighted by Gasteiger charge is -2.38. The van der Waals surface area contributed by atoms with Gasteiger partial charge in [-0.15, -0.1) is 0 Å². The fourth-order valence-electron chi connectivity index (χ4n) is 4.07. The van der Waals surface area contributed by atoms with Gasteiger partial charge >= 0.3 is 6.09 Å². The van der Waals surface area contributed by atoms with Crippen molar-refractivity contribution in [3.63, 3.8) is 0 Å². The molecular weight excluding hydrogens is 308 g/mol. The van der Waals surface area contributed by atoms with Gasteiger partial charge in [-0.3, -0.25) is 4.79 Å². The van der Waals surface area contributed by atoms with E-state index in [9.17, 15) is 9.59 Å². The Morgan fingerprint density at radius 1 is 1.29 bits per heavy atom. The van der Waals surface area contributed by atoms with Crippen LogP contribution in [0.25, 0.3) is 0 Å². The van der Waals surface area contributed by atoms with Crippen LogP contribution >= 0.6 is 0 Å². The predicted octanol–water partition coefficient (Wildman–Crippen LogP) is 2.27. The lowest BCUT2D eigenvalue weighted by atomic mass is 9.90. The standard InChI is InChI=1S/C18H30N2O4/c1-3-14(4-2)11-20-13-18(24-17(20)22)6-8-19(9-7-18)16(21)15-5-10-23-12-15/h14-15H,3-13H2,1-2H3. The molecule has 0 aromatic rings. The maximum atomic E-state index is 12.5. The highest BCUT2D eigenvalue weighted by atomic mass is 16.6. The molecule has 1 atom stereocenters. The van der Waals surface area contributed by atoms with Crippen LogP contribution < -0.4 is 0 Å². The summed E-state index contributed by atoms with van der Waals surface area (Å²) in [6, 6.07) is 0. The minimum Gasteiger partial charge on any atom is -0.441 e. The van der Waals surface area contributed by atoms with Gasteiger partial charge in [0.25, 0.3) is 0 Å². The number of nitrogens with zero attached hydrogens (tertiary/aromatic N) is 2. The van der Waals surface area contributed by atoms with Crippen LogP contribution in [0.5, 0.6) is 0 Å². The number of amides is 2. The molecule has 0 bridgehead atoms. The maximum Gasteiger partial charge on any atom is 0.410 e. The Balaban J connectivity index is 1.53. The number of rotatable bonds is 5. The summed E-state index contributed by atoms with van der Waals surface area (Å²) in [5.41, 5.74) is -0.383. The second-order valence-electron chi connectivity index (χ2n) is 7.50. The SMILES string of the molecule is CCC(CC)CN1CC2(CCN(C(=O)C3CCOC3)CC2)OC1=O. The van der Waals surface area contributed by atoms with E-state index in [2.05, 4.69) is 13.8 Å². The zero-order valence-corrected chi connectivity index (χ0v) is 15.0. The first kappa shape index (κ1) is 17.5. The molecule has 0 aromatic heterocycles. The monoisotopic (exact) mass is 338 g/mol. The molecule has 0 aliphatic carbocycles. The van der Waals surface area contributed by atoms with E-state index in [1.807, 2.05) is 9.80 Å². The molecule has 0 radical (unpaired) electrons. The predicted molar refractivity (Wildman–Crippen MR) is 89.6 cm³/mol. The third-order valence-corrected chi connectivity index (χ3v) is 5.94. The quantitative estimate of drug-likeness (QED) is 0.772. The van der Waals surface area contributed by atoms with Crippen LogP contribution in [0.4, 0.5) is 4.79 Å². The second kappa shape index (κ2) is 7.30. The molecule has 3 heterocycles. The van der Waals surface area contributed by atoms with Crippen molar-refractivity contribution in [3.05, 3.63) is 0 Å². The van der Waals surface area contributed by atoms with Crippen molar-refractivity contribution in [1.82, 2.24) is 9.80 Å². The zero-order chi connectivity index (χ0) is 17.2. The number of piperidine rings is 1. The highest BCUT2D eigenvalue weighted by Gasteiger charge is 2.48. The number of hydrogen-bond donors (Lipinski definition) is 0. The normalized spacial score (nSPS) is 26.5. The molecule has 24 heavy (non-hydrogen) atoms. The fraction of sp³-hybridized carbons (Fsp3) is 0.889. The topological polar surface area (TPSA) is 59.1 Å². The molecule has 3 rings (SSSR count). The molecule has 0 N–H and O–H groups in total. The average Bonchev–Trinajstić information content (AvgIpc) is 3.22. The Labute approximate surface area is 144 Å². The summed E-state index contributed by atoms with van der Waals surface area (Å²) in [5, 5.41) is 0. The van der Waals surface area contributed by atoms with Crippen molar-refractivity contribution in [1.29, 1.82) is 0 Å². The lowest BCUT2D eigenvalue weighted by molar-refractivity contribution is -0.138. The summed E-state index contributed by atoms with van der Waals surface area (Å²) in [4.78, 5) is 28.5. The highest BCUT2D eigenvalue weighted by molar-refractivity contribution is 5.79. The van der Waals surface area contributed by atoms with Crippen molar-refractivity contribution in [2.24, 2.45) is 11.8 Å². The van der Waals surface area contributed by atoms with Crippen molar-refractivity contribution >= 4 is 12.0 Å². The minimum absolute atomic E-state index is 0.0246. The average molecular weight is 338 g/mol. The Bertz CT molecular complexity index is 464. The Morgan fingerprint density at radius 2 is 2.00 bits per heavy atom. The molecule has 2 amide bonds. The highest BCUT2D eigenvalue weighted by Crippen LogP contribution is 2.34. The number of hydrogen-bond acceptors (Lipinski definition) is 4. The van der Waals surface area contributed by atoms with Crippen LogP contribution in [-0.4, -0.2) is 66.8 Å². The van der Waals surface area contributed by atoms with E-state index in [-0.39, 0.29) is 23.5 Å². The van der Waals surface area contributed by atoms with E-state index in [0.717, 1.165) is 38.6 Å². The number of carbonyl (C=O) groups excluding carboxylic acids is 2. The molecule has 6 nitrogen and oxygen atoms in total. The lowest BCUT2D eigenvalue weighted by Crippen LogP contribution is -2.50. The molecule has 0 aromatic carbocycles. The minimum atomic E-state index is -0.383. The molecule has 136 valence electrons. The summed E-state index contributed by atoms with van der Waals surface area (Å²) in [5.74, 6) is 0.772. The van der Waals surface area contributed by atoms with Crippen molar-refractivity contribution in [2.45, 2.75) is 51.6 Å². The van der Waals surface area contributed by atoms with Crippen molar-refractivity contribution < 1.29 is 19.1 Å². The molecule has 3 fully saturated rings. The second-order valence-corrected chi connectivity index (χ2v) is 7.50. The molecule has 1 spiro atoms. The molecule has 3 saturated heterocycles. The van der Waals surface area contributed by atoms with Gasteiger partial charge < -0.3 is 19.3 Å². The molecule has 1 unspecified atom stereocenters. The summed E-state index contributed by atoms with van der Waals surface area (Å²) >= 11 is 0. The Morgan fingerprint density at radius 3 is 2.58 bits per heavy atom. The van der Waals surface area contributed by atoms with Gasteiger partial charge in [0.15, 0.2) is 0 Å². The van der Waals surface area contributed by atoms with Crippen LogP contribution in [0.3, 0.4) is 0 Å². The van der Waals surface area contributed by atoms with Gasteiger partial charge in [0, 0.05) is 39.1 Å². The summed E-state index contributed by atoms with van der Waals surface area (Å²) < 4.78 is 11.1. The molecule has 3 aliphatic heterocycles. The first-order chi connectivity index (χ1) is 11.6. The van der Waals surface area contributed by atoms with Gasteiger partial charge in [-0.2, -0.15) is 0 Å². The van der Waals surface area contributed by atoms with Gasteiger partial charge in [-0.05, 0) is 12.3 Å². The van der Waals surface area contributed by atoms with E-state index in [4.69, 9.17) is 9.47 Å². The molecule has 0 saturated carbocycles. The summed E-state index contributed by atoms with van der Waals surface area (Å²) in [6.07, 6.45) is 4.32. The molecular formula is C18H30N2O4. The fourth-order valence-corrected chi connectivity index (χ4v) is 4.07. The van der Waals surface area contributed by atoms with Crippen LogP contribution in [0.2, 0.25) is 0 Å². The van der Waals surface area contributed by atoms with E-state index < -0.39 is 0 Å². The van der Waals surface area contributed by atoms with Gasteiger partial charge in [0.2, 0.25) is 5.91 Å². The van der Waals surface area contributed by atoms with Crippen LogP contribution in [0, 0.1) is 11.8 Å². The smallest absolute Gasteiger partial charge is 0.410 e. The number of likely N-dealkylation sites (tertiary alicyclic amines) is 1.